The van der Waals surface area contributed by atoms with Gasteiger partial charge in [0.15, 0.2) is 0 Å². The van der Waals surface area contributed by atoms with Crippen LogP contribution in [0.4, 0.5) is 0 Å². The van der Waals surface area contributed by atoms with E-state index in [-0.39, 0.29) is 12.1 Å². The predicted octanol–water partition coefficient (Wildman–Crippen LogP) is 4.25. The number of aromatic nitrogens is 4. The number of halogens is 2. The van der Waals surface area contributed by atoms with Gasteiger partial charge in [-0.05, 0) is 40.5 Å². The van der Waals surface area contributed by atoms with Gasteiger partial charge in [0, 0.05) is 8.95 Å². The van der Waals surface area contributed by atoms with Gasteiger partial charge in [-0.15, -0.1) is 10.2 Å². The van der Waals surface area contributed by atoms with Gasteiger partial charge in [-0.2, -0.15) is 0 Å². The summed E-state index contributed by atoms with van der Waals surface area (Å²) in [5, 5.41) is 8.69. The second-order valence-corrected chi connectivity index (χ2v) is 7.86. The highest BCUT2D eigenvalue weighted by atomic mass is 79.9. The van der Waals surface area contributed by atoms with Gasteiger partial charge in [0.1, 0.15) is 12.4 Å². The summed E-state index contributed by atoms with van der Waals surface area (Å²) in [7, 11) is 0. The van der Waals surface area contributed by atoms with Gasteiger partial charge in [0.25, 0.3) is 5.56 Å². The third kappa shape index (κ3) is 3.72. The molecule has 4 rings (SSSR count). The van der Waals surface area contributed by atoms with E-state index in [4.69, 9.17) is 4.42 Å². The molecule has 0 saturated carbocycles. The van der Waals surface area contributed by atoms with Crippen molar-refractivity contribution < 1.29 is 4.42 Å². The Balaban J connectivity index is 1.67. The fourth-order valence-corrected chi connectivity index (χ4v) is 4.19. The molecular formula is C19H14Br2N4O2. The summed E-state index contributed by atoms with van der Waals surface area (Å²) >= 11 is 6.88. The van der Waals surface area contributed by atoms with E-state index < -0.39 is 0 Å². The molecule has 2 heterocycles. The summed E-state index contributed by atoms with van der Waals surface area (Å²) in [6.07, 6.45) is 0.553. The lowest BCUT2D eigenvalue weighted by atomic mass is 10.2. The van der Waals surface area contributed by atoms with Crippen LogP contribution in [0.3, 0.4) is 0 Å². The molecule has 4 aromatic rings. The monoisotopic (exact) mass is 488 g/mol. The topological polar surface area (TPSA) is 73.8 Å². The van der Waals surface area contributed by atoms with E-state index in [1.807, 2.05) is 36.4 Å². The standard InChI is InChI=1S/C19H14Br2N4O2/c1-11-22-18-14(8-13(20)9-15(18)21)19(26)25(11)10-17-24-23-16(27-17)7-12-5-3-2-4-6-12/h2-6,8-9H,7,10H2,1H3. The van der Waals surface area contributed by atoms with E-state index in [1.165, 1.54) is 0 Å². The third-order valence-electron chi connectivity index (χ3n) is 4.17. The van der Waals surface area contributed by atoms with Gasteiger partial charge in [0.2, 0.25) is 11.8 Å². The summed E-state index contributed by atoms with van der Waals surface area (Å²) in [5.74, 6) is 1.47. The first-order chi connectivity index (χ1) is 13.0. The summed E-state index contributed by atoms with van der Waals surface area (Å²) < 4.78 is 8.85. The largest absolute Gasteiger partial charge is 0.423 e. The Labute approximate surface area is 171 Å². The number of fused-ring (bicyclic) bond motifs is 1. The van der Waals surface area contributed by atoms with E-state index >= 15 is 0 Å². The highest BCUT2D eigenvalue weighted by molar-refractivity contribution is 9.11. The van der Waals surface area contributed by atoms with Crippen LogP contribution in [-0.2, 0) is 13.0 Å². The average Bonchev–Trinajstić information content (AvgIpc) is 3.08. The smallest absolute Gasteiger partial charge is 0.261 e. The van der Waals surface area contributed by atoms with E-state index in [2.05, 4.69) is 47.0 Å². The number of hydrogen-bond donors (Lipinski definition) is 0. The van der Waals surface area contributed by atoms with Crippen LogP contribution < -0.4 is 5.56 Å². The quantitative estimate of drug-likeness (QED) is 0.428. The first kappa shape index (κ1) is 18.1. The molecule has 0 atom stereocenters. The molecule has 8 heteroatoms. The number of hydrogen-bond acceptors (Lipinski definition) is 5. The van der Waals surface area contributed by atoms with Crippen LogP contribution in [0.1, 0.15) is 23.2 Å². The SMILES string of the molecule is Cc1nc2c(Br)cc(Br)cc2c(=O)n1Cc1nnc(Cc2ccccc2)o1. The van der Waals surface area contributed by atoms with Crippen LogP contribution >= 0.6 is 31.9 Å². The minimum absolute atomic E-state index is 0.151. The third-order valence-corrected chi connectivity index (χ3v) is 5.23. The molecule has 0 amide bonds. The van der Waals surface area contributed by atoms with Crippen molar-refractivity contribution in [2.24, 2.45) is 0 Å². The first-order valence-corrected chi connectivity index (χ1v) is 9.81. The molecule has 0 N–H and O–H groups in total. The molecule has 0 fully saturated rings. The fourth-order valence-electron chi connectivity index (χ4n) is 2.87. The van der Waals surface area contributed by atoms with Crippen molar-refractivity contribution in [2.45, 2.75) is 19.9 Å². The Morgan fingerprint density at radius 2 is 1.81 bits per heavy atom. The average molecular weight is 490 g/mol. The highest BCUT2D eigenvalue weighted by Crippen LogP contribution is 2.25. The van der Waals surface area contributed by atoms with Crippen LogP contribution in [0.25, 0.3) is 10.9 Å². The van der Waals surface area contributed by atoms with Gasteiger partial charge < -0.3 is 4.42 Å². The van der Waals surface area contributed by atoms with Crippen LogP contribution in [-0.4, -0.2) is 19.7 Å². The normalized spacial score (nSPS) is 11.2. The second-order valence-electron chi connectivity index (χ2n) is 6.09. The zero-order valence-corrected chi connectivity index (χ0v) is 17.5. The molecular weight excluding hydrogens is 476 g/mol. The van der Waals surface area contributed by atoms with Crippen molar-refractivity contribution in [3.05, 3.63) is 84.9 Å². The molecule has 0 aliphatic heterocycles. The van der Waals surface area contributed by atoms with Crippen molar-refractivity contribution in [2.75, 3.05) is 0 Å². The van der Waals surface area contributed by atoms with Gasteiger partial charge in [-0.3, -0.25) is 9.36 Å². The van der Waals surface area contributed by atoms with Crippen LogP contribution in [0.15, 0.2) is 60.6 Å². The summed E-state index contributed by atoms with van der Waals surface area (Å²) in [6.45, 7) is 1.97. The molecule has 0 aliphatic rings. The minimum Gasteiger partial charge on any atom is -0.423 e. The zero-order chi connectivity index (χ0) is 19.0. The fraction of sp³-hybridized carbons (Fsp3) is 0.158. The Morgan fingerprint density at radius 1 is 1.07 bits per heavy atom. The summed E-state index contributed by atoms with van der Waals surface area (Å²) in [6, 6.07) is 13.5. The van der Waals surface area contributed by atoms with Crippen LogP contribution in [0.2, 0.25) is 0 Å². The van der Waals surface area contributed by atoms with Crippen LogP contribution in [0.5, 0.6) is 0 Å². The molecule has 136 valence electrons. The van der Waals surface area contributed by atoms with E-state index in [9.17, 15) is 4.79 Å². The Hall–Kier alpha value is -2.32. The molecule has 0 radical (unpaired) electrons. The lowest BCUT2D eigenvalue weighted by Crippen LogP contribution is -2.24. The van der Waals surface area contributed by atoms with Crippen molar-refractivity contribution in [1.82, 2.24) is 19.7 Å². The van der Waals surface area contributed by atoms with Crippen LogP contribution in [0, 0.1) is 6.92 Å². The minimum atomic E-state index is -0.151. The second kappa shape index (κ2) is 7.36. The molecule has 0 bridgehead atoms. The molecule has 2 aromatic carbocycles. The molecule has 6 nitrogen and oxygen atoms in total. The predicted molar refractivity (Wildman–Crippen MR) is 109 cm³/mol. The van der Waals surface area contributed by atoms with Crippen molar-refractivity contribution in [3.8, 4) is 0 Å². The van der Waals surface area contributed by atoms with E-state index in [1.54, 1.807) is 17.6 Å². The summed E-state index contributed by atoms with van der Waals surface area (Å²) in [5.41, 5.74) is 1.57. The first-order valence-electron chi connectivity index (χ1n) is 8.22. The lowest BCUT2D eigenvalue weighted by Gasteiger charge is -2.10. The Morgan fingerprint density at radius 3 is 2.59 bits per heavy atom. The Kier molecular flexibility index (Phi) is 4.92. The lowest BCUT2D eigenvalue weighted by molar-refractivity contribution is 0.440. The maximum atomic E-state index is 12.9. The van der Waals surface area contributed by atoms with Gasteiger partial charge in [-0.1, -0.05) is 46.3 Å². The van der Waals surface area contributed by atoms with Crippen molar-refractivity contribution in [3.63, 3.8) is 0 Å². The van der Waals surface area contributed by atoms with E-state index in [0.717, 1.165) is 14.5 Å². The number of aryl methyl sites for hydroxylation is 1. The van der Waals surface area contributed by atoms with E-state index in [0.29, 0.717) is 34.9 Å². The number of benzene rings is 2. The highest BCUT2D eigenvalue weighted by Gasteiger charge is 2.15. The molecule has 0 unspecified atom stereocenters. The zero-order valence-electron chi connectivity index (χ0n) is 14.3. The summed E-state index contributed by atoms with van der Waals surface area (Å²) in [4.78, 5) is 17.5. The van der Waals surface area contributed by atoms with Gasteiger partial charge in [0.05, 0.1) is 17.3 Å². The maximum absolute atomic E-state index is 12.9. The Bertz CT molecular complexity index is 1190. The van der Waals surface area contributed by atoms with Crippen molar-refractivity contribution in [1.29, 1.82) is 0 Å². The molecule has 0 spiro atoms. The van der Waals surface area contributed by atoms with Crippen molar-refractivity contribution >= 4 is 42.8 Å². The van der Waals surface area contributed by atoms with Gasteiger partial charge in [-0.25, -0.2) is 4.98 Å². The molecule has 0 saturated heterocycles. The molecule has 2 aromatic heterocycles. The number of rotatable bonds is 4. The van der Waals surface area contributed by atoms with Gasteiger partial charge >= 0.3 is 0 Å². The molecule has 27 heavy (non-hydrogen) atoms. The maximum Gasteiger partial charge on any atom is 0.261 e. The molecule has 0 aliphatic carbocycles. The number of nitrogens with zero attached hydrogens (tertiary/aromatic N) is 4.